The van der Waals surface area contributed by atoms with E-state index in [9.17, 15) is 4.79 Å². The first-order chi connectivity index (χ1) is 7.49. The van der Waals surface area contributed by atoms with Crippen molar-refractivity contribution in [1.29, 1.82) is 0 Å². The number of thioether (sulfide) groups is 1. The lowest BCUT2D eigenvalue weighted by atomic mass is 10.2. The van der Waals surface area contributed by atoms with Crippen LogP contribution in [0.4, 0.5) is 0 Å². The van der Waals surface area contributed by atoms with Crippen LogP contribution >= 0.6 is 11.8 Å². The van der Waals surface area contributed by atoms with E-state index in [0.29, 0.717) is 17.6 Å². The Kier molecular flexibility index (Phi) is 4.79. The van der Waals surface area contributed by atoms with Gasteiger partial charge in [0, 0.05) is 6.54 Å². The van der Waals surface area contributed by atoms with Crippen LogP contribution in [0.15, 0.2) is 5.16 Å². The second-order valence-corrected chi connectivity index (χ2v) is 5.41. The minimum atomic E-state index is -0.172. The predicted molar refractivity (Wildman–Crippen MR) is 64.3 cm³/mol. The third-order valence-corrected chi connectivity index (χ3v) is 2.87. The number of carbonyl (C=O) groups excluding carboxylic acids is 1. The summed E-state index contributed by atoms with van der Waals surface area (Å²) in [6.45, 7) is 8.52. The molecule has 1 amide bonds. The lowest BCUT2D eigenvalue weighted by Crippen LogP contribution is -2.33. The van der Waals surface area contributed by atoms with Gasteiger partial charge in [-0.05, 0) is 19.8 Å². The van der Waals surface area contributed by atoms with Crippen molar-refractivity contribution < 1.29 is 4.79 Å². The molecule has 1 rings (SSSR count). The molecule has 0 aliphatic heterocycles. The van der Waals surface area contributed by atoms with Crippen LogP contribution in [0.25, 0.3) is 0 Å². The van der Waals surface area contributed by atoms with Crippen molar-refractivity contribution in [3.8, 4) is 0 Å². The summed E-state index contributed by atoms with van der Waals surface area (Å²) in [5.74, 6) is 1.25. The molecular formula is C10H18N4OS. The Morgan fingerprint density at radius 2 is 2.19 bits per heavy atom. The Morgan fingerprint density at radius 1 is 1.50 bits per heavy atom. The van der Waals surface area contributed by atoms with Gasteiger partial charge in [0.2, 0.25) is 11.1 Å². The van der Waals surface area contributed by atoms with Crippen LogP contribution in [-0.4, -0.2) is 32.9 Å². The topological polar surface area (TPSA) is 70.7 Å². The predicted octanol–water partition coefficient (Wildman–Crippen LogP) is 1.37. The SMILES string of the molecule is Cc1nc(S[C@@H](C)C(=O)NCC(C)C)n[nH]1. The van der Waals surface area contributed by atoms with Crippen LogP contribution in [-0.2, 0) is 4.79 Å². The van der Waals surface area contributed by atoms with Crippen LogP contribution in [0.2, 0.25) is 0 Å². The number of hydrogen-bond acceptors (Lipinski definition) is 4. The highest BCUT2D eigenvalue weighted by Crippen LogP contribution is 2.18. The van der Waals surface area contributed by atoms with E-state index >= 15 is 0 Å². The molecule has 0 aromatic carbocycles. The van der Waals surface area contributed by atoms with Crippen molar-refractivity contribution in [3.05, 3.63) is 5.82 Å². The molecule has 2 N–H and O–H groups in total. The first-order valence-electron chi connectivity index (χ1n) is 5.32. The number of carbonyl (C=O) groups is 1. The maximum absolute atomic E-state index is 11.7. The van der Waals surface area contributed by atoms with E-state index in [1.54, 1.807) is 0 Å². The fraction of sp³-hybridized carbons (Fsp3) is 0.700. The summed E-state index contributed by atoms with van der Waals surface area (Å²) in [4.78, 5) is 15.8. The average molecular weight is 242 g/mol. The van der Waals surface area contributed by atoms with Crippen molar-refractivity contribution in [2.75, 3.05) is 6.54 Å². The number of rotatable bonds is 5. The van der Waals surface area contributed by atoms with Crippen LogP contribution < -0.4 is 5.32 Å². The smallest absolute Gasteiger partial charge is 0.233 e. The van der Waals surface area contributed by atoms with Crippen molar-refractivity contribution in [2.24, 2.45) is 5.92 Å². The molecular weight excluding hydrogens is 224 g/mol. The van der Waals surface area contributed by atoms with Crippen molar-refractivity contribution >= 4 is 17.7 Å². The fourth-order valence-corrected chi connectivity index (χ4v) is 1.83. The number of nitrogens with zero attached hydrogens (tertiary/aromatic N) is 2. The number of nitrogens with one attached hydrogen (secondary N) is 2. The van der Waals surface area contributed by atoms with Gasteiger partial charge in [0.05, 0.1) is 5.25 Å². The van der Waals surface area contributed by atoms with Crippen molar-refractivity contribution in [3.63, 3.8) is 0 Å². The van der Waals surface area contributed by atoms with E-state index in [1.807, 2.05) is 13.8 Å². The number of hydrogen-bond donors (Lipinski definition) is 2. The monoisotopic (exact) mass is 242 g/mol. The summed E-state index contributed by atoms with van der Waals surface area (Å²) >= 11 is 1.36. The molecule has 0 aliphatic rings. The van der Waals surface area contributed by atoms with Gasteiger partial charge in [0.1, 0.15) is 5.82 Å². The number of aryl methyl sites for hydroxylation is 1. The molecule has 5 nitrogen and oxygen atoms in total. The largest absolute Gasteiger partial charge is 0.355 e. The molecule has 1 aromatic rings. The van der Waals surface area contributed by atoms with E-state index in [4.69, 9.17) is 0 Å². The lowest BCUT2D eigenvalue weighted by Gasteiger charge is -2.11. The Balaban J connectivity index is 2.39. The Hall–Kier alpha value is -1.04. The van der Waals surface area contributed by atoms with Gasteiger partial charge in [-0.25, -0.2) is 4.98 Å². The zero-order chi connectivity index (χ0) is 12.1. The quantitative estimate of drug-likeness (QED) is 0.765. The molecule has 0 unspecified atom stereocenters. The molecule has 0 spiro atoms. The number of amides is 1. The zero-order valence-corrected chi connectivity index (χ0v) is 10.9. The van der Waals surface area contributed by atoms with Crippen LogP contribution in [0.1, 0.15) is 26.6 Å². The minimum absolute atomic E-state index is 0.0288. The zero-order valence-electron chi connectivity index (χ0n) is 10.1. The Bertz CT molecular complexity index is 350. The highest BCUT2D eigenvalue weighted by atomic mass is 32.2. The van der Waals surface area contributed by atoms with Crippen LogP contribution in [0, 0.1) is 12.8 Å². The molecule has 0 radical (unpaired) electrons. The second-order valence-electron chi connectivity index (χ2n) is 4.10. The van der Waals surface area contributed by atoms with Crippen LogP contribution in [0.5, 0.6) is 0 Å². The molecule has 1 aromatic heterocycles. The summed E-state index contributed by atoms with van der Waals surface area (Å²) in [5.41, 5.74) is 0. The lowest BCUT2D eigenvalue weighted by molar-refractivity contribution is -0.120. The molecule has 6 heteroatoms. The third kappa shape index (κ3) is 4.22. The van der Waals surface area contributed by atoms with E-state index in [2.05, 4.69) is 34.3 Å². The number of aromatic nitrogens is 3. The standard InChI is InChI=1S/C10H18N4OS/c1-6(2)5-11-9(15)7(3)16-10-12-8(4)13-14-10/h6-7H,5H2,1-4H3,(H,11,15)(H,12,13,14)/t7-/m0/s1. The van der Waals surface area contributed by atoms with Gasteiger partial charge >= 0.3 is 0 Å². The van der Waals surface area contributed by atoms with Crippen molar-refractivity contribution in [1.82, 2.24) is 20.5 Å². The van der Waals surface area contributed by atoms with Crippen LogP contribution in [0.3, 0.4) is 0 Å². The van der Waals surface area contributed by atoms with E-state index in [-0.39, 0.29) is 11.2 Å². The van der Waals surface area contributed by atoms with Gasteiger partial charge < -0.3 is 5.32 Å². The molecule has 90 valence electrons. The molecule has 0 saturated heterocycles. The summed E-state index contributed by atoms with van der Waals surface area (Å²) in [7, 11) is 0. The Labute approximate surface area is 99.8 Å². The summed E-state index contributed by atoms with van der Waals surface area (Å²) in [6.07, 6.45) is 0. The minimum Gasteiger partial charge on any atom is -0.355 e. The molecule has 1 atom stereocenters. The average Bonchev–Trinajstić information content (AvgIpc) is 2.60. The van der Waals surface area contributed by atoms with Gasteiger partial charge in [-0.1, -0.05) is 25.6 Å². The summed E-state index contributed by atoms with van der Waals surface area (Å²) < 4.78 is 0. The maximum atomic E-state index is 11.7. The first-order valence-corrected chi connectivity index (χ1v) is 6.20. The molecule has 0 aliphatic carbocycles. The highest BCUT2D eigenvalue weighted by Gasteiger charge is 2.16. The maximum Gasteiger partial charge on any atom is 0.233 e. The van der Waals surface area contributed by atoms with Gasteiger partial charge in [0.15, 0.2) is 0 Å². The number of aromatic amines is 1. The first kappa shape index (κ1) is 13.0. The van der Waals surface area contributed by atoms with Gasteiger partial charge in [-0.3, -0.25) is 9.89 Å². The van der Waals surface area contributed by atoms with Crippen molar-refractivity contribution in [2.45, 2.75) is 38.1 Å². The van der Waals surface area contributed by atoms with Gasteiger partial charge in [-0.2, -0.15) is 0 Å². The summed E-state index contributed by atoms with van der Waals surface area (Å²) in [5, 5.41) is 10.1. The summed E-state index contributed by atoms with van der Waals surface area (Å²) in [6, 6.07) is 0. The van der Waals surface area contributed by atoms with Gasteiger partial charge in [0.25, 0.3) is 0 Å². The fourth-order valence-electron chi connectivity index (χ4n) is 1.03. The normalized spacial score (nSPS) is 12.8. The molecule has 0 saturated carbocycles. The third-order valence-electron chi connectivity index (χ3n) is 1.91. The second kappa shape index (κ2) is 5.89. The van der Waals surface area contributed by atoms with Gasteiger partial charge in [-0.15, -0.1) is 5.10 Å². The highest BCUT2D eigenvalue weighted by molar-refractivity contribution is 8.00. The Morgan fingerprint density at radius 3 is 2.69 bits per heavy atom. The van der Waals surface area contributed by atoms with E-state index in [1.165, 1.54) is 11.8 Å². The van der Waals surface area contributed by atoms with E-state index in [0.717, 1.165) is 5.82 Å². The number of H-pyrrole nitrogens is 1. The molecule has 0 fully saturated rings. The molecule has 16 heavy (non-hydrogen) atoms. The van der Waals surface area contributed by atoms with E-state index < -0.39 is 0 Å². The molecule has 1 heterocycles. The molecule has 0 bridgehead atoms.